The zero-order chi connectivity index (χ0) is 13.8. The molecule has 0 aliphatic rings. The molecule has 100 valence electrons. The van der Waals surface area contributed by atoms with E-state index in [-0.39, 0.29) is 5.92 Å². The number of aromatic nitrogens is 2. The van der Waals surface area contributed by atoms with E-state index in [0.29, 0.717) is 6.54 Å². The highest BCUT2D eigenvalue weighted by molar-refractivity contribution is 5.59. The molecule has 3 nitrogen and oxygen atoms in total. The van der Waals surface area contributed by atoms with Crippen LogP contribution in [-0.2, 0) is 0 Å². The van der Waals surface area contributed by atoms with Crippen LogP contribution in [0.3, 0.4) is 0 Å². The lowest BCUT2D eigenvalue weighted by molar-refractivity contribution is 0.629. The molecule has 2 aromatic rings. The highest BCUT2D eigenvalue weighted by Crippen LogP contribution is 2.22. The predicted octanol–water partition coefficient (Wildman–Crippen LogP) is 3.21. The van der Waals surface area contributed by atoms with Crippen molar-refractivity contribution in [2.75, 3.05) is 6.54 Å². The van der Waals surface area contributed by atoms with Crippen LogP contribution < -0.4 is 5.73 Å². The van der Waals surface area contributed by atoms with E-state index >= 15 is 0 Å². The van der Waals surface area contributed by atoms with Gasteiger partial charge in [0.1, 0.15) is 5.82 Å². The van der Waals surface area contributed by atoms with Gasteiger partial charge in [0.05, 0.1) is 5.69 Å². The molecule has 1 heterocycles. The summed E-state index contributed by atoms with van der Waals surface area (Å²) >= 11 is 0. The van der Waals surface area contributed by atoms with Crippen LogP contribution >= 0.6 is 0 Å². The van der Waals surface area contributed by atoms with E-state index in [1.165, 1.54) is 5.56 Å². The summed E-state index contributed by atoms with van der Waals surface area (Å²) in [7, 11) is 0. The van der Waals surface area contributed by atoms with Crippen LogP contribution in [0.15, 0.2) is 30.3 Å². The van der Waals surface area contributed by atoms with Crippen molar-refractivity contribution in [2.24, 2.45) is 5.73 Å². The Hall–Kier alpha value is -1.74. The Morgan fingerprint density at radius 2 is 1.79 bits per heavy atom. The lowest BCUT2D eigenvalue weighted by atomic mass is 10.0. The molecule has 0 fully saturated rings. The number of nitrogens with two attached hydrogens (primary N) is 1. The normalized spacial score (nSPS) is 12.4. The van der Waals surface area contributed by atoms with Gasteiger partial charge in [0, 0.05) is 23.7 Å². The van der Waals surface area contributed by atoms with Crippen molar-refractivity contribution in [1.82, 2.24) is 9.97 Å². The quantitative estimate of drug-likeness (QED) is 0.912. The molecule has 2 rings (SSSR count). The fourth-order valence-electron chi connectivity index (χ4n) is 2.10. The van der Waals surface area contributed by atoms with E-state index in [0.717, 1.165) is 29.2 Å². The molecule has 0 aliphatic carbocycles. The van der Waals surface area contributed by atoms with Crippen molar-refractivity contribution in [3.8, 4) is 11.3 Å². The fourth-order valence-corrected chi connectivity index (χ4v) is 2.10. The van der Waals surface area contributed by atoms with Crippen molar-refractivity contribution >= 4 is 0 Å². The molecule has 3 heteroatoms. The lowest BCUT2D eigenvalue weighted by Crippen LogP contribution is -2.15. The molecule has 2 N–H and O–H groups in total. The first-order valence-electron chi connectivity index (χ1n) is 6.76. The second kappa shape index (κ2) is 5.93. The SMILES string of the molecule is CCC(CN)c1nc(C)cc(-c2ccc(C)cc2)n1. The van der Waals surface area contributed by atoms with Crippen LogP contribution in [0.4, 0.5) is 0 Å². The lowest BCUT2D eigenvalue weighted by Gasteiger charge is -2.13. The molecular weight excluding hydrogens is 234 g/mol. The second-order valence-corrected chi connectivity index (χ2v) is 4.96. The smallest absolute Gasteiger partial charge is 0.133 e. The second-order valence-electron chi connectivity index (χ2n) is 4.96. The average molecular weight is 255 g/mol. The topological polar surface area (TPSA) is 51.8 Å². The summed E-state index contributed by atoms with van der Waals surface area (Å²) in [5, 5.41) is 0. The minimum absolute atomic E-state index is 0.240. The number of hydrogen-bond acceptors (Lipinski definition) is 3. The molecule has 0 amide bonds. The van der Waals surface area contributed by atoms with Gasteiger partial charge in [-0.15, -0.1) is 0 Å². The Balaban J connectivity index is 2.44. The van der Waals surface area contributed by atoms with E-state index in [4.69, 9.17) is 5.73 Å². The minimum Gasteiger partial charge on any atom is -0.330 e. The summed E-state index contributed by atoms with van der Waals surface area (Å²) in [5.41, 5.74) is 10.1. The molecule has 0 saturated heterocycles. The third-order valence-corrected chi connectivity index (χ3v) is 3.36. The van der Waals surface area contributed by atoms with Crippen LogP contribution in [0.25, 0.3) is 11.3 Å². The Bertz CT molecular complexity index is 542. The number of rotatable bonds is 4. The number of hydrogen-bond donors (Lipinski definition) is 1. The summed E-state index contributed by atoms with van der Waals surface area (Å²) < 4.78 is 0. The molecule has 0 aliphatic heterocycles. The van der Waals surface area contributed by atoms with Crippen LogP contribution in [0, 0.1) is 13.8 Å². The van der Waals surface area contributed by atoms with Crippen molar-refractivity contribution in [1.29, 1.82) is 0 Å². The van der Waals surface area contributed by atoms with E-state index < -0.39 is 0 Å². The molecule has 0 radical (unpaired) electrons. The highest BCUT2D eigenvalue weighted by atomic mass is 14.9. The number of nitrogens with zero attached hydrogens (tertiary/aromatic N) is 2. The molecule has 0 spiro atoms. The van der Waals surface area contributed by atoms with Gasteiger partial charge in [-0.1, -0.05) is 36.8 Å². The van der Waals surface area contributed by atoms with Crippen LogP contribution in [0.1, 0.15) is 36.3 Å². The largest absolute Gasteiger partial charge is 0.330 e. The average Bonchev–Trinajstić information content (AvgIpc) is 2.40. The van der Waals surface area contributed by atoms with Gasteiger partial charge in [0.15, 0.2) is 0 Å². The van der Waals surface area contributed by atoms with Crippen LogP contribution in [0.5, 0.6) is 0 Å². The van der Waals surface area contributed by atoms with Gasteiger partial charge in [0.2, 0.25) is 0 Å². The standard InChI is InChI=1S/C16H21N3/c1-4-13(10-17)16-18-12(3)9-15(19-16)14-7-5-11(2)6-8-14/h5-9,13H,4,10,17H2,1-3H3. The van der Waals surface area contributed by atoms with E-state index in [1.54, 1.807) is 0 Å². The minimum atomic E-state index is 0.240. The molecule has 1 unspecified atom stereocenters. The predicted molar refractivity (Wildman–Crippen MR) is 79.0 cm³/mol. The Labute approximate surface area is 114 Å². The number of aryl methyl sites for hydroxylation is 2. The summed E-state index contributed by atoms with van der Waals surface area (Å²) in [6.07, 6.45) is 0.966. The first-order valence-corrected chi connectivity index (χ1v) is 6.76. The summed E-state index contributed by atoms with van der Waals surface area (Å²) in [6, 6.07) is 10.4. The first-order chi connectivity index (χ1) is 9.13. The van der Waals surface area contributed by atoms with Gasteiger partial charge in [-0.2, -0.15) is 0 Å². The molecule has 1 aromatic carbocycles. The van der Waals surface area contributed by atoms with Gasteiger partial charge in [0.25, 0.3) is 0 Å². The van der Waals surface area contributed by atoms with Crippen molar-refractivity contribution in [3.63, 3.8) is 0 Å². The fraction of sp³-hybridized carbons (Fsp3) is 0.375. The highest BCUT2D eigenvalue weighted by Gasteiger charge is 2.12. The maximum atomic E-state index is 5.79. The zero-order valence-corrected chi connectivity index (χ0v) is 11.9. The number of benzene rings is 1. The van der Waals surface area contributed by atoms with E-state index in [2.05, 4.69) is 48.1 Å². The molecular formula is C16H21N3. The molecule has 0 saturated carbocycles. The van der Waals surface area contributed by atoms with Crippen LogP contribution in [-0.4, -0.2) is 16.5 Å². The summed E-state index contributed by atoms with van der Waals surface area (Å²) in [5.74, 6) is 1.10. The first kappa shape index (κ1) is 13.7. The Kier molecular flexibility index (Phi) is 4.27. The molecule has 0 bridgehead atoms. The van der Waals surface area contributed by atoms with Gasteiger partial charge in [-0.25, -0.2) is 9.97 Å². The monoisotopic (exact) mass is 255 g/mol. The molecule has 19 heavy (non-hydrogen) atoms. The van der Waals surface area contributed by atoms with E-state index in [1.807, 2.05) is 13.0 Å². The van der Waals surface area contributed by atoms with Crippen molar-refractivity contribution in [2.45, 2.75) is 33.1 Å². The van der Waals surface area contributed by atoms with Gasteiger partial charge < -0.3 is 5.73 Å². The van der Waals surface area contributed by atoms with Gasteiger partial charge in [-0.3, -0.25) is 0 Å². The Morgan fingerprint density at radius 1 is 1.11 bits per heavy atom. The van der Waals surface area contributed by atoms with Gasteiger partial charge in [-0.05, 0) is 26.3 Å². The summed E-state index contributed by atoms with van der Waals surface area (Å²) in [6.45, 7) is 6.80. The van der Waals surface area contributed by atoms with E-state index in [9.17, 15) is 0 Å². The van der Waals surface area contributed by atoms with Crippen molar-refractivity contribution in [3.05, 3.63) is 47.4 Å². The third-order valence-electron chi connectivity index (χ3n) is 3.36. The van der Waals surface area contributed by atoms with Crippen molar-refractivity contribution < 1.29 is 0 Å². The maximum Gasteiger partial charge on any atom is 0.133 e. The molecule has 1 atom stereocenters. The summed E-state index contributed by atoms with van der Waals surface area (Å²) in [4.78, 5) is 9.21. The van der Waals surface area contributed by atoms with Crippen LogP contribution in [0.2, 0.25) is 0 Å². The molecule has 1 aromatic heterocycles. The third kappa shape index (κ3) is 3.18. The van der Waals surface area contributed by atoms with Gasteiger partial charge >= 0.3 is 0 Å². The maximum absolute atomic E-state index is 5.79. The zero-order valence-electron chi connectivity index (χ0n) is 11.9. The Morgan fingerprint density at radius 3 is 2.37 bits per heavy atom.